The number of nitrogens with one attached hydrogen (secondary N) is 2. The number of thioether (sulfide) groups is 1. The van der Waals surface area contributed by atoms with Crippen LogP contribution in [0.3, 0.4) is 0 Å². The minimum Gasteiger partial charge on any atom is -0.497 e. The van der Waals surface area contributed by atoms with E-state index in [4.69, 9.17) is 4.74 Å². The fourth-order valence-electron chi connectivity index (χ4n) is 3.29. The lowest BCUT2D eigenvalue weighted by atomic mass is 9.82. The van der Waals surface area contributed by atoms with E-state index < -0.39 is 17.8 Å². The molecule has 0 fully saturated rings. The summed E-state index contributed by atoms with van der Waals surface area (Å²) < 4.78 is 5.14. The summed E-state index contributed by atoms with van der Waals surface area (Å²) in [5.74, 6) is -1.78. The lowest BCUT2D eigenvalue weighted by molar-refractivity contribution is -0.146. The molecule has 0 heterocycles. The Kier molecular flexibility index (Phi) is 7.72. The summed E-state index contributed by atoms with van der Waals surface area (Å²) in [6.45, 7) is 0. The highest BCUT2D eigenvalue weighted by atomic mass is 32.2. The molecule has 7 nitrogen and oxygen atoms in total. The number of methoxy groups -OCH3 is 1. The van der Waals surface area contributed by atoms with E-state index in [-0.39, 0.29) is 17.6 Å². The van der Waals surface area contributed by atoms with Crippen molar-refractivity contribution < 1.29 is 24.2 Å². The molecule has 2 atom stereocenters. The predicted molar refractivity (Wildman–Crippen MR) is 120 cm³/mol. The van der Waals surface area contributed by atoms with E-state index in [2.05, 4.69) is 10.6 Å². The van der Waals surface area contributed by atoms with Gasteiger partial charge in [-0.3, -0.25) is 14.4 Å². The molecule has 0 bridgehead atoms. The topological polar surface area (TPSA) is 105 Å². The number of hydrogen-bond acceptors (Lipinski definition) is 5. The van der Waals surface area contributed by atoms with Crippen molar-refractivity contribution in [3.05, 3.63) is 60.7 Å². The number of allylic oxidation sites excluding steroid dienone is 2. The van der Waals surface area contributed by atoms with Gasteiger partial charge in [-0.25, -0.2) is 0 Å². The average molecular weight is 441 g/mol. The maximum atomic E-state index is 12.5. The number of ether oxygens (including phenoxy) is 1. The van der Waals surface area contributed by atoms with E-state index in [1.165, 1.54) is 11.8 Å². The van der Waals surface area contributed by atoms with Crippen LogP contribution in [-0.2, 0) is 14.4 Å². The Labute approximate surface area is 184 Å². The number of carboxylic acid groups (broad SMARTS) is 1. The van der Waals surface area contributed by atoms with Gasteiger partial charge in [0.25, 0.3) is 0 Å². The number of amides is 2. The smallest absolute Gasteiger partial charge is 0.307 e. The Morgan fingerprint density at radius 1 is 1.00 bits per heavy atom. The number of carboxylic acids is 1. The van der Waals surface area contributed by atoms with Gasteiger partial charge in [0.15, 0.2) is 0 Å². The van der Waals surface area contributed by atoms with Crippen molar-refractivity contribution in [2.75, 3.05) is 23.5 Å². The van der Waals surface area contributed by atoms with Crippen molar-refractivity contribution in [3.63, 3.8) is 0 Å². The van der Waals surface area contributed by atoms with Crippen molar-refractivity contribution >= 4 is 40.9 Å². The second-order valence-electron chi connectivity index (χ2n) is 7.08. The van der Waals surface area contributed by atoms with Crippen molar-refractivity contribution in [3.8, 4) is 5.75 Å². The number of carbonyl (C=O) groups excluding carboxylic acids is 2. The first-order valence-corrected chi connectivity index (χ1v) is 10.8. The molecule has 0 spiro atoms. The quantitative estimate of drug-likeness (QED) is 0.423. The maximum Gasteiger partial charge on any atom is 0.307 e. The van der Waals surface area contributed by atoms with Crippen molar-refractivity contribution in [1.82, 2.24) is 0 Å². The molecule has 0 saturated heterocycles. The van der Waals surface area contributed by atoms with Crippen molar-refractivity contribution in [2.45, 2.75) is 17.7 Å². The monoisotopic (exact) mass is 440 g/mol. The number of anilines is 2. The molecule has 0 saturated carbocycles. The molecule has 3 rings (SSSR count). The van der Waals surface area contributed by atoms with E-state index in [0.29, 0.717) is 30.0 Å². The van der Waals surface area contributed by atoms with Gasteiger partial charge in [0.2, 0.25) is 11.8 Å². The van der Waals surface area contributed by atoms with Crippen LogP contribution in [0.5, 0.6) is 5.75 Å². The highest BCUT2D eigenvalue weighted by Crippen LogP contribution is 2.28. The van der Waals surface area contributed by atoms with E-state index in [1.54, 1.807) is 49.6 Å². The summed E-state index contributed by atoms with van der Waals surface area (Å²) in [5.41, 5.74) is 1.26. The Balaban J connectivity index is 1.50. The van der Waals surface area contributed by atoms with Gasteiger partial charge in [0.1, 0.15) is 5.75 Å². The highest BCUT2D eigenvalue weighted by Gasteiger charge is 2.33. The summed E-state index contributed by atoms with van der Waals surface area (Å²) in [5, 5.41) is 14.9. The third kappa shape index (κ3) is 6.36. The Morgan fingerprint density at radius 3 is 2.39 bits per heavy atom. The summed E-state index contributed by atoms with van der Waals surface area (Å²) in [4.78, 5) is 37.0. The zero-order chi connectivity index (χ0) is 22.2. The Hall–Kier alpha value is -3.26. The lowest BCUT2D eigenvalue weighted by Crippen LogP contribution is -2.34. The molecule has 2 aromatic rings. The molecule has 2 amide bonds. The molecule has 8 heteroatoms. The van der Waals surface area contributed by atoms with E-state index >= 15 is 0 Å². The molecule has 162 valence electrons. The first-order chi connectivity index (χ1) is 15.0. The zero-order valence-corrected chi connectivity index (χ0v) is 17.9. The Morgan fingerprint density at radius 2 is 1.71 bits per heavy atom. The van der Waals surface area contributed by atoms with Crippen LogP contribution in [0.2, 0.25) is 0 Å². The summed E-state index contributed by atoms with van der Waals surface area (Å²) >= 11 is 1.37. The fraction of sp³-hybridized carbons (Fsp3) is 0.261. The second-order valence-corrected chi connectivity index (χ2v) is 8.13. The zero-order valence-electron chi connectivity index (χ0n) is 17.0. The van der Waals surface area contributed by atoms with Gasteiger partial charge < -0.3 is 20.5 Å². The highest BCUT2D eigenvalue weighted by molar-refractivity contribution is 8.00. The number of hydrogen-bond donors (Lipinski definition) is 3. The van der Waals surface area contributed by atoms with Crippen LogP contribution in [0.4, 0.5) is 11.4 Å². The van der Waals surface area contributed by atoms with Crippen molar-refractivity contribution in [1.29, 1.82) is 0 Å². The normalized spacial score (nSPS) is 17.6. The number of aliphatic carboxylic acids is 1. The molecule has 3 N–H and O–H groups in total. The molecule has 0 radical (unpaired) electrons. The molecule has 1 aliphatic rings. The summed E-state index contributed by atoms with van der Waals surface area (Å²) in [6, 6.07) is 14.3. The van der Waals surface area contributed by atoms with Gasteiger partial charge in [-0.05, 0) is 49.2 Å². The van der Waals surface area contributed by atoms with E-state index in [9.17, 15) is 19.5 Å². The maximum absolute atomic E-state index is 12.5. The van der Waals surface area contributed by atoms with Gasteiger partial charge in [0.05, 0.1) is 24.7 Å². The minimum absolute atomic E-state index is 0.138. The van der Waals surface area contributed by atoms with Gasteiger partial charge >= 0.3 is 5.97 Å². The molecule has 1 aliphatic carbocycles. The fourth-order valence-corrected chi connectivity index (χ4v) is 3.99. The third-order valence-corrected chi connectivity index (χ3v) is 5.94. The van der Waals surface area contributed by atoms with Crippen LogP contribution in [0.25, 0.3) is 0 Å². The average Bonchev–Trinajstić information content (AvgIpc) is 2.78. The standard InChI is InChI=1S/C23H24N2O5S/c1-30-17-6-4-5-16(13-17)24-21(26)14-31-18-11-9-15(10-12-18)25-22(27)19-7-2-3-8-20(19)23(28)29/h2-6,9-13,19-20H,7-8,14H2,1H3,(H,24,26)(H,25,27)(H,28,29). The molecule has 0 aromatic heterocycles. The third-order valence-electron chi connectivity index (χ3n) is 4.93. The van der Waals surface area contributed by atoms with Gasteiger partial charge in [-0.1, -0.05) is 18.2 Å². The van der Waals surface area contributed by atoms with E-state index in [0.717, 1.165) is 4.90 Å². The molecular weight excluding hydrogens is 416 g/mol. The summed E-state index contributed by atoms with van der Waals surface area (Å²) in [7, 11) is 1.57. The van der Waals surface area contributed by atoms with E-state index in [1.807, 2.05) is 18.2 Å². The predicted octanol–water partition coefficient (Wildman–Crippen LogP) is 4.03. The number of carbonyl (C=O) groups is 3. The number of benzene rings is 2. The first kappa shape index (κ1) is 22.4. The van der Waals surface area contributed by atoms with Crippen LogP contribution in [0.1, 0.15) is 12.8 Å². The van der Waals surface area contributed by atoms with Gasteiger partial charge in [-0.15, -0.1) is 11.8 Å². The molecule has 2 aromatic carbocycles. The lowest BCUT2D eigenvalue weighted by Gasteiger charge is -2.24. The second kappa shape index (κ2) is 10.7. The van der Waals surface area contributed by atoms with Crippen LogP contribution in [-0.4, -0.2) is 35.8 Å². The molecule has 31 heavy (non-hydrogen) atoms. The van der Waals surface area contributed by atoms with Gasteiger partial charge in [0, 0.05) is 22.3 Å². The Bertz CT molecular complexity index is 974. The van der Waals surface area contributed by atoms with Crippen LogP contribution < -0.4 is 15.4 Å². The van der Waals surface area contributed by atoms with Gasteiger partial charge in [-0.2, -0.15) is 0 Å². The SMILES string of the molecule is COc1cccc(NC(=O)CSc2ccc(NC(=O)C3CC=CCC3C(=O)O)cc2)c1. The first-order valence-electron chi connectivity index (χ1n) is 9.81. The van der Waals surface area contributed by atoms with Crippen LogP contribution in [0.15, 0.2) is 65.6 Å². The van der Waals surface area contributed by atoms with Crippen molar-refractivity contribution in [2.24, 2.45) is 11.8 Å². The largest absolute Gasteiger partial charge is 0.497 e. The molecule has 0 aliphatic heterocycles. The summed E-state index contributed by atoms with van der Waals surface area (Å²) in [6.07, 6.45) is 4.43. The van der Waals surface area contributed by atoms with Crippen LogP contribution >= 0.6 is 11.8 Å². The molecular formula is C23H24N2O5S. The molecule has 2 unspecified atom stereocenters. The number of rotatable bonds is 8. The minimum atomic E-state index is -0.955. The van der Waals surface area contributed by atoms with Crippen LogP contribution in [0, 0.1) is 11.8 Å².